The number of carbonyl (C=O) groups excluding carboxylic acids is 1. The van der Waals surface area contributed by atoms with Crippen LogP contribution in [0.3, 0.4) is 0 Å². The number of carbonyl (C=O) groups is 1. The summed E-state index contributed by atoms with van der Waals surface area (Å²) < 4.78 is 6.72. The van der Waals surface area contributed by atoms with E-state index in [1.54, 1.807) is 11.7 Å². The number of pyridine rings is 1. The van der Waals surface area contributed by atoms with Crippen LogP contribution in [0.25, 0.3) is 0 Å². The van der Waals surface area contributed by atoms with Crippen molar-refractivity contribution in [3.63, 3.8) is 0 Å². The summed E-state index contributed by atoms with van der Waals surface area (Å²) in [4.78, 5) is 23.8. The molecule has 0 aliphatic heterocycles. The van der Waals surface area contributed by atoms with E-state index in [1.165, 1.54) is 31.7 Å². The lowest BCUT2D eigenvalue weighted by atomic mass is 10.0. The first-order chi connectivity index (χ1) is 10.1. The number of methoxy groups -OCH3 is 1. The minimum Gasteiger partial charge on any atom is -0.496 e. The third-order valence-electron chi connectivity index (χ3n) is 4.15. The van der Waals surface area contributed by atoms with E-state index < -0.39 is 0 Å². The van der Waals surface area contributed by atoms with E-state index in [9.17, 15) is 9.59 Å². The molecule has 21 heavy (non-hydrogen) atoms. The van der Waals surface area contributed by atoms with Gasteiger partial charge in [-0.1, -0.05) is 12.8 Å². The molecule has 1 saturated carbocycles. The first-order valence-corrected chi connectivity index (χ1v) is 7.62. The maximum Gasteiger partial charge on any atom is 0.254 e. The lowest BCUT2D eigenvalue weighted by molar-refractivity contribution is -0.122. The molecule has 1 N–H and O–H groups in total. The van der Waals surface area contributed by atoms with Crippen LogP contribution in [0.5, 0.6) is 5.75 Å². The van der Waals surface area contributed by atoms with Gasteiger partial charge in [0.1, 0.15) is 5.75 Å². The largest absolute Gasteiger partial charge is 0.496 e. The minimum absolute atomic E-state index is 0.0983. The SMILES string of the molecule is COc1cc(C)n(CCNC(=O)CC2CCCC2)c(=O)c1. The Morgan fingerprint density at radius 2 is 2.10 bits per heavy atom. The number of hydrogen-bond acceptors (Lipinski definition) is 3. The van der Waals surface area contributed by atoms with E-state index in [4.69, 9.17) is 4.74 Å². The third-order valence-corrected chi connectivity index (χ3v) is 4.15. The van der Waals surface area contributed by atoms with Gasteiger partial charge in [0.25, 0.3) is 5.56 Å². The van der Waals surface area contributed by atoms with Crippen molar-refractivity contribution in [1.29, 1.82) is 0 Å². The van der Waals surface area contributed by atoms with E-state index in [0.717, 1.165) is 5.69 Å². The molecular formula is C16H24N2O3. The molecule has 0 aromatic carbocycles. The van der Waals surface area contributed by atoms with Gasteiger partial charge >= 0.3 is 0 Å². The molecule has 0 spiro atoms. The van der Waals surface area contributed by atoms with Crippen molar-refractivity contribution in [1.82, 2.24) is 9.88 Å². The molecule has 116 valence electrons. The molecule has 1 aliphatic carbocycles. The van der Waals surface area contributed by atoms with Gasteiger partial charge in [0, 0.05) is 31.3 Å². The van der Waals surface area contributed by atoms with Crippen molar-refractivity contribution in [2.75, 3.05) is 13.7 Å². The Morgan fingerprint density at radius 1 is 1.38 bits per heavy atom. The number of hydrogen-bond donors (Lipinski definition) is 1. The highest BCUT2D eigenvalue weighted by Gasteiger charge is 2.18. The fraction of sp³-hybridized carbons (Fsp3) is 0.625. The first-order valence-electron chi connectivity index (χ1n) is 7.62. The highest BCUT2D eigenvalue weighted by Crippen LogP contribution is 2.27. The van der Waals surface area contributed by atoms with Gasteiger partial charge in [-0.3, -0.25) is 9.59 Å². The van der Waals surface area contributed by atoms with Crippen LogP contribution in [0.4, 0.5) is 0 Å². The summed E-state index contributed by atoms with van der Waals surface area (Å²) >= 11 is 0. The van der Waals surface area contributed by atoms with Crippen LogP contribution in [0.15, 0.2) is 16.9 Å². The van der Waals surface area contributed by atoms with Gasteiger partial charge in [-0.25, -0.2) is 0 Å². The number of ether oxygens (including phenoxy) is 1. The molecule has 0 bridgehead atoms. The van der Waals surface area contributed by atoms with Crippen molar-refractivity contribution >= 4 is 5.91 Å². The van der Waals surface area contributed by atoms with Crippen molar-refractivity contribution < 1.29 is 9.53 Å². The molecule has 1 aromatic rings. The molecule has 1 fully saturated rings. The summed E-state index contributed by atoms with van der Waals surface area (Å²) in [5, 5.41) is 2.91. The summed E-state index contributed by atoms with van der Waals surface area (Å²) in [6.45, 7) is 2.84. The Hall–Kier alpha value is -1.78. The standard InChI is InChI=1S/C16H24N2O3/c1-12-9-14(21-2)11-16(20)18(12)8-7-17-15(19)10-13-5-3-4-6-13/h9,11,13H,3-8,10H2,1-2H3,(H,17,19). The molecule has 1 amide bonds. The monoisotopic (exact) mass is 292 g/mol. The Kier molecular flexibility index (Phi) is 5.42. The average molecular weight is 292 g/mol. The molecule has 2 rings (SSSR count). The normalized spacial score (nSPS) is 15.1. The molecule has 5 nitrogen and oxygen atoms in total. The topological polar surface area (TPSA) is 60.3 Å². The Morgan fingerprint density at radius 3 is 2.71 bits per heavy atom. The van der Waals surface area contributed by atoms with E-state index >= 15 is 0 Å². The Bertz CT molecular complexity index is 545. The first kappa shape index (κ1) is 15.6. The molecular weight excluding hydrogens is 268 g/mol. The van der Waals surface area contributed by atoms with Crippen molar-refractivity contribution in [3.05, 3.63) is 28.2 Å². The zero-order chi connectivity index (χ0) is 15.2. The number of aryl methyl sites for hydroxylation is 1. The summed E-state index contributed by atoms with van der Waals surface area (Å²) in [5.41, 5.74) is 0.737. The van der Waals surface area contributed by atoms with Crippen LogP contribution in [-0.2, 0) is 11.3 Å². The fourth-order valence-electron chi connectivity index (χ4n) is 2.96. The molecule has 1 heterocycles. The Labute approximate surface area is 125 Å². The lowest BCUT2D eigenvalue weighted by Gasteiger charge is -2.13. The van der Waals surface area contributed by atoms with Gasteiger partial charge in [-0.15, -0.1) is 0 Å². The maximum absolute atomic E-state index is 11.9. The zero-order valence-electron chi connectivity index (χ0n) is 12.9. The van der Waals surface area contributed by atoms with Gasteiger partial charge in [-0.2, -0.15) is 0 Å². The van der Waals surface area contributed by atoms with Gasteiger partial charge in [0.2, 0.25) is 5.91 Å². The van der Waals surface area contributed by atoms with Crippen molar-refractivity contribution in [3.8, 4) is 5.75 Å². The molecule has 1 aromatic heterocycles. The Balaban J connectivity index is 1.83. The van der Waals surface area contributed by atoms with Crippen molar-refractivity contribution in [2.24, 2.45) is 5.92 Å². The highest BCUT2D eigenvalue weighted by molar-refractivity contribution is 5.76. The molecule has 5 heteroatoms. The summed E-state index contributed by atoms with van der Waals surface area (Å²) in [7, 11) is 1.54. The molecule has 0 radical (unpaired) electrons. The van der Waals surface area contributed by atoms with E-state index in [1.807, 2.05) is 13.0 Å². The van der Waals surface area contributed by atoms with Crippen molar-refractivity contribution in [2.45, 2.75) is 45.6 Å². The van der Waals surface area contributed by atoms with Crippen LogP contribution in [0.2, 0.25) is 0 Å². The van der Waals surface area contributed by atoms with Crippen LogP contribution in [0, 0.1) is 12.8 Å². The third kappa shape index (κ3) is 4.34. The number of aromatic nitrogens is 1. The number of rotatable bonds is 6. The predicted molar refractivity (Wildman–Crippen MR) is 81.6 cm³/mol. The van der Waals surface area contributed by atoms with E-state index in [-0.39, 0.29) is 11.5 Å². The van der Waals surface area contributed by atoms with Gasteiger partial charge in [0.05, 0.1) is 7.11 Å². The maximum atomic E-state index is 11.9. The van der Waals surface area contributed by atoms with Crippen LogP contribution in [0.1, 0.15) is 37.8 Å². The second-order valence-electron chi connectivity index (χ2n) is 5.73. The fourth-order valence-corrected chi connectivity index (χ4v) is 2.96. The number of amides is 1. The molecule has 0 saturated heterocycles. The predicted octanol–water partition coefficient (Wildman–Crippen LogP) is 1.86. The van der Waals surface area contributed by atoms with Gasteiger partial charge in [-0.05, 0) is 31.7 Å². The quantitative estimate of drug-likeness (QED) is 0.870. The average Bonchev–Trinajstić information content (AvgIpc) is 2.94. The molecule has 1 aliphatic rings. The minimum atomic E-state index is -0.100. The second-order valence-corrected chi connectivity index (χ2v) is 5.73. The van der Waals surface area contributed by atoms with E-state index in [0.29, 0.717) is 31.2 Å². The number of nitrogens with zero attached hydrogens (tertiary/aromatic N) is 1. The lowest BCUT2D eigenvalue weighted by Crippen LogP contribution is -2.32. The smallest absolute Gasteiger partial charge is 0.254 e. The summed E-state index contributed by atoms with van der Waals surface area (Å²) in [5.74, 6) is 1.22. The molecule has 0 atom stereocenters. The highest BCUT2D eigenvalue weighted by atomic mass is 16.5. The van der Waals surface area contributed by atoms with E-state index in [2.05, 4.69) is 5.32 Å². The van der Waals surface area contributed by atoms with Crippen LogP contribution in [-0.4, -0.2) is 24.1 Å². The second kappa shape index (κ2) is 7.29. The zero-order valence-corrected chi connectivity index (χ0v) is 12.9. The summed E-state index contributed by atoms with van der Waals surface area (Å²) in [6.07, 6.45) is 5.46. The van der Waals surface area contributed by atoms with Gasteiger partial charge < -0.3 is 14.6 Å². The van der Waals surface area contributed by atoms with Crippen LogP contribution < -0.4 is 15.6 Å². The van der Waals surface area contributed by atoms with Gasteiger partial charge in [0.15, 0.2) is 0 Å². The van der Waals surface area contributed by atoms with Crippen LogP contribution >= 0.6 is 0 Å². The molecule has 0 unspecified atom stereocenters. The summed E-state index contributed by atoms with van der Waals surface area (Å²) in [6, 6.07) is 3.29. The number of nitrogens with one attached hydrogen (secondary N) is 1.